The van der Waals surface area contributed by atoms with Gasteiger partial charge in [-0.25, -0.2) is 0 Å². The molecule has 0 saturated heterocycles. The molecule has 0 aliphatic rings. The number of hydrogen-bond acceptors (Lipinski definition) is 3. The van der Waals surface area contributed by atoms with Gasteiger partial charge in [0.2, 0.25) is 0 Å². The van der Waals surface area contributed by atoms with Crippen molar-refractivity contribution in [2.45, 2.75) is 25.1 Å². The Labute approximate surface area is 113 Å². The highest BCUT2D eigenvalue weighted by Gasteiger charge is 2.07. The third-order valence-electron chi connectivity index (χ3n) is 2.73. The summed E-state index contributed by atoms with van der Waals surface area (Å²) >= 11 is 8.04. The summed E-state index contributed by atoms with van der Waals surface area (Å²) in [5, 5.41) is 4.85. The monoisotopic (exact) mass is 273 g/mol. The summed E-state index contributed by atoms with van der Waals surface area (Å²) in [7, 11) is 1.67. The molecular weight excluding hydrogens is 254 g/mol. The molecule has 4 heteroatoms. The van der Waals surface area contributed by atoms with Gasteiger partial charge in [-0.3, -0.25) is 0 Å². The van der Waals surface area contributed by atoms with Crippen molar-refractivity contribution in [1.82, 2.24) is 5.32 Å². The van der Waals surface area contributed by atoms with Gasteiger partial charge < -0.3 is 10.1 Å². The molecular formula is C13H20ClNOS. The maximum absolute atomic E-state index is 6.15. The smallest absolute Gasteiger partial charge is 0.124 e. The predicted molar refractivity (Wildman–Crippen MR) is 77.3 cm³/mol. The molecule has 2 nitrogen and oxygen atoms in total. The fourth-order valence-electron chi connectivity index (χ4n) is 1.54. The zero-order valence-corrected chi connectivity index (χ0v) is 12.2. The average Bonchev–Trinajstić information content (AvgIpc) is 2.35. The SMILES string of the molecule is COc1cccc(Cl)c1CNCCC(C)SC. The Morgan fingerprint density at radius 1 is 1.47 bits per heavy atom. The number of thioether (sulfide) groups is 1. The summed E-state index contributed by atoms with van der Waals surface area (Å²) in [6.45, 7) is 3.99. The zero-order chi connectivity index (χ0) is 12.7. The first-order valence-electron chi connectivity index (χ1n) is 5.74. The van der Waals surface area contributed by atoms with Gasteiger partial charge in [0, 0.05) is 22.4 Å². The molecule has 1 atom stereocenters. The van der Waals surface area contributed by atoms with Crippen LogP contribution in [0.2, 0.25) is 5.02 Å². The van der Waals surface area contributed by atoms with E-state index in [9.17, 15) is 0 Å². The predicted octanol–water partition coefficient (Wildman–Crippen LogP) is 3.58. The van der Waals surface area contributed by atoms with Crippen LogP contribution in [0.25, 0.3) is 0 Å². The Bertz CT molecular complexity index is 346. The molecule has 1 aromatic carbocycles. The average molecular weight is 274 g/mol. The van der Waals surface area contributed by atoms with Crippen molar-refractivity contribution < 1.29 is 4.74 Å². The molecule has 0 aliphatic heterocycles. The lowest BCUT2D eigenvalue weighted by atomic mass is 10.2. The van der Waals surface area contributed by atoms with Crippen LogP contribution in [-0.4, -0.2) is 25.2 Å². The summed E-state index contributed by atoms with van der Waals surface area (Å²) in [4.78, 5) is 0. The van der Waals surface area contributed by atoms with E-state index in [0.29, 0.717) is 5.25 Å². The van der Waals surface area contributed by atoms with Gasteiger partial charge in [0.15, 0.2) is 0 Å². The van der Waals surface area contributed by atoms with Crippen molar-refractivity contribution in [3.05, 3.63) is 28.8 Å². The Morgan fingerprint density at radius 3 is 2.88 bits per heavy atom. The number of rotatable bonds is 7. The van der Waals surface area contributed by atoms with E-state index in [2.05, 4.69) is 18.5 Å². The van der Waals surface area contributed by atoms with Crippen molar-refractivity contribution in [3.8, 4) is 5.75 Å². The zero-order valence-electron chi connectivity index (χ0n) is 10.6. The molecule has 1 N–H and O–H groups in total. The highest BCUT2D eigenvalue weighted by Crippen LogP contribution is 2.25. The number of hydrogen-bond donors (Lipinski definition) is 1. The second kappa shape index (κ2) is 7.85. The van der Waals surface area contributed by atoms with Crippen molar-refractivity contribution in [2.75, 3.05) is 19.9 Å². The molecule has 17 heavy (non-hydrogen) atoms. The van der Waals surface area contributed by atoms with E-state index < -0.39 is 0 Å². The van der Waals surface area contributed by atoms with Crippen molar-refractivity contribution in [1.29, 1.82) is 0 Å². The molecule has 0 spiro atoms. The van der Waals surface area contributed by atoms with Gasteiger partial charge in [-0.05, 0) is 31.4 Å². The minimum absolute atomic E-state index is 0.690. The Morgan fingerprint density at radius 2 is 2.24 bits per heavy atom. The van der Waals surface area contributed by atoms with Crippen LogP contribution in [0.3, 0.4) is 0 Å². The van der Waals surface area contributed by atoms with Crippen LogP contribution in [0.4, 0.5) is 0 Å². The van der Waals surface area contributed by atoms with E-state index >= 15 is 0 Å². The number of methoxy groups -OCH3 is 1. The lowest BCUT2D eigenvalue weighted by Gasteiger charge is -2.12. The van der Waals surface area contributed by atoms with Crippen LogP contribution in [0.5, 0.6) is 5.75 Å². The number of benzene rings is 1. The van der Waals surface area contributed by atoms with Crippen LogP contribution in [0, 0.1) is 0 Å². The van der Waals surface area contributed by atoms with Gasteiger partial charge in [-0.15, -0.1) is 0 Å². The molecule has 0 saturated carbocycles. The van der Waals surface area contributed by atoms with Gasteiger partial charge in [0.05, 0.1) is 7.11 Å². The van der Waals surface area contributed by atoms with Gasteiger partial charge in [0.25, 0.3) is 0 Å². The summed E-state index contributed by atoms with van der Waals surface area (Å²) in [6, 6.07) is 5.74. The van der Waals surface area contributed by atoms with Crippen LogP contribution >= 0.6 is 23.4 Å². The first-order chi connectivity index (χ1) is 8.19. The highest BCUT2D eigenvalue weighted by molar-refractivity contribution is 7.99. The fraction of sp³-hybridized carbons (Fsp3) is 0.538. The topological polar surface area (TPSA) is 21.3 Å². The summed E-state index contributed by atoms with van der Waals surface area (Å²) in [6.07, 6.45) is 3.30. The lowest BCUT2D eigenvalue weighted by Crippen LogP contribution is -2.18. The molecule has 0 amide bonds. The third kappa shape index (κ3) is 4.78. The quantitative estimate of drug-likeness (QED) is 0.768. The number of halogens is 1. The molecule has 96 valence electrons. The van der Waals surface area contributed by atoms with Crippen LogP contribution in [-0.2, 0) is 6.54 Å². The standard InChI is InChI=1S/C13H20ClNOS/c1-10(17-3)7-8-15-9-11-12(14)5-4-6-13(11)16-2/h4-6,10,15H,7-9H2,1-3H3. The number of ether oxygens (including phenoxy) is 1. The van der Waals surface area contributed by atoms with Crippen molar-refractivity contribution in [2.24, 2.45) is 0 Å². The van der Waals surface area contributed by atoms with Gasteiger partial charge >= 0.3 is 0 Å². The first kappa shape index (κ1) is 14.7. The van der Waals surface area contributed by atoms with E-state index in [4.69, 9.17) is 16.3 Å². The molecule has 0 heterocycles. The van der Waals surface area contributed by atoms with Crippen molar-refractivity contribution >= 4 is 23.4 Å². The van der Waals surface area contributed by atoms with Crippen LogP contribution < -0.4 is 10.1 Å². The van der Waals surface area contributed by atoms with E-state index in [1.807, 2.05) is 30.0 Å². The molecule has 0 aromatic heterocycles. The number of nitrogens with one attached hydrogen (secondary N) is 1. The van der Waals surface area contributed by atoms with Gasteiger partial charge in [-0.2, -0.15) is 11.8 Å². The lowest BCUT2D eigenvalue weighted by molar-refractivity contribution is 0.407. The van der Waals surface area contributed by atoms with E-state index in [1.54, 1.807) is 7.11 Å². The van der Waals surface area contributed by atoms with Crippen LogP contribution in [0.1, 0.15) is 18.9 Å². The molecule has 1 aromatic rings. The van der Waals surface area contributed by atoms with E-state index in [-0.39, 0.29) is 0 Å². The minimum atomic E-state index is 0.690. The summed E-state index contributed by atoms with van der Waals surface area (Å²) in [5.41, 5.74) is 1.04. The molecule has 0 radical (unpaired) electrons. The second-order valence-corrected chi connectivity index (χ2v) is 5.62. The largest absolute Gasteiger partial charge is 0.496 e. The van der Waals surface area contributed by atoms with Gasteiger partial charge in [-0.1, -0.05) is 24.6 Å². The fourth-order valence-corrected chi connectivity index (χ4v) is 2.12. The molecule has 0 fully saturated rings. The second-order valence-electron chi connectivity index (χ2n) is 3.93. The summed E-state index contributed by atoms with van der Waals surface area (Å²) in [5.74, 6) is 0.850. The Balaban J connectivity index is 2.46. The van der Waals surface area contributed by atoms with Crippen LogP contribution in [0.15, 0.2) is 18.2 Å². The summed E-state index contributed by atoms with van der Waals surface area (Å²) < 4.78 is 5.30. The third-order valence-corrected chi connectivity index (χ3v) is 4.12. The maximum atomic E-state index is 6.15. The maximum Gasteiger partial charge on any atom is 0.124 e. The molecule has 0 aliphatic carbocycles. The minimum Gasteiger partial charge on any atom is -0.496 e. The first-order valence-corrected chi connectivity index (χ1v) is 7.40. The molecule has 1 unspecified atom stereocenters. The highest BCUT2D eigenvalue weighted by atomic mass is 35.5. The van der Waals surface area contributed by atoms with E-state index in [0.717, 1.165) is 35.8 Å². The van der Waals surface area contributed by atoms with Gasteiger partial charge in [0.1, 0.15) is 5.75 Å². The van der Waals surface area contributed by atoms with E-state index in [1.165, 1.54) is 0 Å². The Kier molecular flexibility index (Phi) is 6.78. The molecule has 1 rings (SSSR count). The normalized spacial score (nSPS) is 12.5. The Hall–Kier alpha value is -0.380. The van der Waals surface area contributed by atoms with Crippen molar-refractivity contribution in [3.63, 3.8) is 0 Å². The molecule has 0 bridgehead atoms.